The van der Waals surface area contributed by atoms with Gasteiger partial charge in [0.15, 0.2) is 5.69 Å². The van der Waals surface area contributed by atoms with E-state index in [9.17, 15) is 4.79 Å². The Morgan fingerprint density at radius 3 is 2.73 bits per heavy atom. The van der Waals surface area contributed by atoms with Gasteiger partial charge in [-0.05, 0) is 32.6 Å². The average Bonchev–Trinajstić information content (AvgIpc) is 3.04. The second-order valence-corrected chi connectivity index (χ2v) is 7.60. The fourth-order valence-electron chi connectivity index (χ4n) is 3.48. The molecule has 2 heterocycles. The maximum Gasteiger partial charge on any atom is 0.273 e. The molecule has 0 radical (unpaired) electrons. The van der Waals surface area contributed by atoms with Crippen molar-refractivity contribution >= 4 is 5.91 Å². The van der Waals surface area contributed by atoms with Crippen LogP contribution in [0.15, 0.2) is 10.6 Å². The monoisotopic (exact) mass is 305 g/mol. The molecule has 0 bridgehead atoms. The van der Waals surface area contributed by atoms with Gasteiger partial charge < -0.3 is 9.84 Å². The van der Waals surface area contributed by atoms with Gasteiger partial charge in [0, 0.05) is 36.7 Å². The van der Waals surface area contributed by atoms with Gasteiger partial charge in [0.25, 0.3) is 5.91 Å². The van der Waals surface area contributed by atoms with Crippen molar-refractivity contribution in [3.8, 4) is 0 Å². The minimum Gasteiger partial charge on any atom is -0.360 e. The molecule has 3 rings (SSSR count). The molecule has 2 fully saturated rings. The quantitative estimate of drug-likeness (QED) is 0.929. The smallest absolute Gasteiger partial charge is 0.273 e. The van der Waals surface area contributed by atoms with Crippen LogP contribution in [-0.4, -0.2) is 41.1 Å². The molecule has 2 aliphatic rings. The number of rotatable bonds is 4. The lowest BCUT2D eigenvalue weighted by molar-refractivity contribution is 0.0921. The van der Waals surface area contributed by atoms with Crippen molar-refractivity contribution in [1.29, 1.82) is 0 Å². The summed E-state index contributed by atoms with van der Waals surface area (Å²) >= 11 is 0. The Morgan fingerprint density at radius 1 is 1.45 bits per heavy atom. The first kappa shape index (κ1) is 15.5. The first-order valence-corrected chi connectivity index (χ1v) is 8.41. The average molecular weight is 305 g/mol. The zero-order valence-corrected chi connectivity index (χ0v) is 14.1. The topological polar surface area (TPSA) is 58.4 Å². The zero-order valence-electron chi connectivity index (χ0n) is 14.1. The molecule has 1 aromatic heterocycles. The molecule has 1 saturated carbocycles. The van der Waals surface area contributed by atoms with Crippen LogP contribution in [0.4, 0.5) is 0 Å². The number of amides is 1. The summed E-state index contributed by atoms with van der Waals surface area (Å²) in [6.07, 6.45) is 3.46. The molecule has 122 valence electrons. The van der Waals surface area contributed by atoms with Crippen molar-refractivity contribution in [3.63, 3.8) is 0 Å². The minimum absolute atomic E-state index is 0.0840. The summed E-state index contributed by atoms with van der Waals surface area (Å²) in [5.41, 5.74) is 0.499. The highest BCUT2D eigenvalue weighted by Crippen LogP contribution is 2.43. The van der Waals surface area contributed by atoms with E-state index in [1.54, 1.807) is 0 Å². The van der Waals surface area contributed by atoms with Crippen LogP contribution >= 0.6 is 0 Å². The lowest BCUT2D eigenvalue weighted by Crippen LogP contribution is -2.40. The molecule has 5 heteroatoms. The molecular weight excluding hydrogens is 278 g/mol. The van der Waals surface area contributed by atoms with Crippen molar-refractivity contribution in [2.45, 2.75) is 64.5 Å². The van der Waals surface area contributed by atoms with Crippen molar-refractivity contribution in [3.05, 3.63) is 17.5 Å². The molecule has 2 unspecified atom stereocenters. The van der Waals surface area contributed by atoms with Crippen LogP contribution < -0.4 is 5.32 Å². The van der Waals surface area contributed by atoms with Gasteiger partial charge in [0.1, 0.15) is 5.76 Å². The number of nitrogens with zero attached hydrogens (tertiary/aromatic N) is 2. The minimum atomic E-state index is -0.111. The number of hydrogen-bond donors (Lipinski definition) is 1. The van der Waals surface area contributed by atoms with Gasteiger partial charge in [0.2, 0.25) is 0 Å². The molecule has 0 aromatic carbocycles. The summed E-state index contributed by atoms with van der Waals surface area (Å²) in [6.45, 7) is 10.7. The Morgan fingerprint density at radius 2 is 2.18 bits per heavy atom. The van der Waals surface area contributed by atoms with E-state index in [2.05, 4.69) is 43.1 Å². The standard InChI is InChI=1S/C17H27N3O2/c1-11(2)20-9-12(3)14(10-20)18-16(21)13-8-15(22-19-13)17(4)6-5-7-17/h8,11-12,14H,5-7,9-10H2,1-4H3,(H,18,21). The second-order valence-electron chi connectivity index (χ2n) is 7.60. The first-order valence-electron chi connectivity index (χ1n) is 8.41. The van der Waals surface area contributed by atoms with Gasteiger partial charge >= 0.3 is 0 Å². The van der Waals surface area contributed by atoms with E-state index in [0.717, 1.165) is 31.7 Å². The highest BCUT2D eigenvalue weighted by molar-refractivity contribution is 5.92. The van der Waals surface area contributed by atoms with Crippen molar-refractivity contribution in [2.24, 2.45) is 5.92 Å². The van der Waals surface area contributed by atoms with Gasteiger partial charge in [-0.3, -0.25) is 9.69 Å². The molecule has 5 nitrogen and oxygen atoms in total. The van der Waals surface area contributed by atoms with E-state index >= 15 is 0 Å². The van der Waals surface area contributed by atoms with E-state index < -0.39 is 0 Å². The summed E-state index contributed by atoms with van der Waals surface area (Å²) in [7, 11) is 0. The summed E-state index contributed by atoms with van der Waals surface area (Å²) in [6, 6.07) is 2.53. The van der Waals surface area contributed by atoms with Crippen LogP contribution in [-0.2, 0) is 5.41 Å². The number of hydrogen-bond acceptors (Lipinski definition) is 4. The van der Waals surface area contributed by atoms with Crippen LogP contribution in [0, 0.1) is 5.92 Å². The molecule has 1 amide bonds. The fourth-order valence-corrected chi connectivity index (χ4v) is 3.48. The van der Waals surface area contributed by atoms with Crippen LogP contribution in [0.5, 0.6) is 0 Å². The molecule has 22 heavy (non-hydrogen) atoms. The number of carbonyl (C=O) groups is 1. The maximum absolute atomic E-state index is 12.4. The molecule has 1 aliphatic heterocycles. The Balaban J connectivity index is 1.63. The van der Waals surface area contributed by atoms with E-state index in [1.807, 2.05) is 6.07 Å². The normalized spacial score (nSPS) is 27.9. The van der Waals surface area contributed by atoms with Crippen molar-refractivity contribution in [2.75, 3.05) is 13.1 Å². The van der Waals surface area contributed by atoms with Gasteiger partial charge in [-0.15, -0.1) is 0 Å². The van der Waals surface area contributed by atoms with E-state index in [0.29, 0.717) is 17.7 Å². The largest absolute Gasteiger partial charge is 0.360 e. The van der Waals surface area contributed by atoms with Gasteiger partial charge in [-0.1, -0.05) is 25.4 Å². The third-order valence-corrected chi connectivity index (χ3v) is 5.48. The van der Waals surface area contributed by atoms with Crippen LogP contribution in [0.2, 0.25) is 0 Å². The predicted octanol–water partition coefficient (Wildman–Crippen LogP) is 2.57. The maximum atomic E-state index is 12.4. The Bertz CT molecular complexity index is 548. The lowest BCUT2D eigenvalue weighted by Gasteiger charge is -2.35. The molecule has 2 atom stereocenters. The molecule has 1 saturated heterocycles. The van der Waals surface area contributed by atoms with Gasteiger partial charge in [0.05, 0.1) is 0 Å². The van der Waals surface area contributed by atoms with Gasteiger partial charge in [-0.2, -0.15) is 0 Å². The predicted molar refractivity (Wildman–Crippen MR) is 84.8 cm³/mol. The molecular formula is C17H27N3O2. The third kappa shape index (κ3) is 2.78. The van der Waals surface area contributed by atoms with Crippen LogP contribution in [0.1, 0.15) is 63.2 Å². The van der Waals surface area contributed by atoms with Crippen LogP contribution in [0.25, 0.3) is 0 Å². The highest BCUT2D eigenvalue weighted by Gasteiger charge is 2.38. The second kappa shape index (κ2) is 5.69. The third-order valence-electron chi connectivity index (χ3n) is 5.48. The molecule has 0 spiro atoms. The Labute approximate surface area is 132 Å². The van der Waals surface area contributed by atoms with Gasteiger partial charge in [-0.25, -0.2) is 0 Å². The Hall–Kier alpha value is -1.36. The zero-order chi connectivity index (χ0) is 15.9. The first-order chi connectivity index (χ1) is 10.4. The number of aromatic nitrogens is 1. The fraction of sp³-hybridized carbons (Fsp3) is 0.765. The number of carbonyl (C=O) groups excluding carboxylic acids is 1. The Kier molecular flexibility index (Phi) is 4.02. The lowest BCUT2D eigenvalue weighted by atomic mass is 9.69. The summed E-state index contributed by atoms with van der Waals surface area (Å²) in [5.74, 6) is 1.20. The summed E-state index contributed by atoms with van der Waals surface area (Å²) < 4.78 is 5.42. The summed E-state index contributed by atoms with van der Waals surface area (Å²) in [4.78, 5) is 14.8. The van der Waals surface area contributed by atoms with E-state index in [-0.39, 0.29) is 17.4 Å². The molecule has 1 aromatic rings. The molecule has 1 N–H and O–H groups in total. The SMILES string of the molecule is CC1CN(C(C)C)CC1NC(=O)c1cc(C2(C)CCC2)on1. The van der Waals surface area contributed by atoms with Crippen molar-refractivity contribution < 1.29 is 9.32 Å². The number of likely N-dealkylation sites (tertiary alicyclic amines) is 1. The van der Waals surface area contributed by atoms with E-state index in [1.165, 1.54) is 6.42 Å². The van der Waals surface area contributed by atoms with Crippen molar-refractivity contribution in [1.82, 2.24) is 15.4 Å². The van der Waals surface area contributed by atoms with Crippen LogP contribution in [0.3, 0.4) is 0 Å². The highest BCUT2D eigenvalue weighted by atomic mass is 16.5. The summed E-state index contributed by atoms with van der Waals surface area (Å²) in [5, 5.41) is 7.11. The number of nitrogens with one attached hydrogen (secondary N) is 1. The van der Waals surface area contributed by atoms with E-state index in [4.69, 9.17) is 4.52 Å². The molecule has 1 aliphatic carbocycles.